The quantitative estimate of drug-likeness (QED) is 0.542. The van der Waals surface area contributed by atoms with E-state index in [2.05, 4.69) is 20.5 Å². The van der Waals surface area contributed by atoms with E-state index in [1.165, 1.54) is 6.07 Å². The number of aromatic amines is 1. The Bertz CT molecular complexity index is 944. The van der Waals surface area contributed by atoms with E-state index >= 15 is 0 Å². The van der Waals surface area contributed by atoms with E-state index in [0.29, 0.717) is 22.7 Å². The van der Waals surface area contributed by atoms with Gasteiger partial charge >= 0.3 is 0 Å². The Kier molecular flexibility index (Phi) is 4.29. The lowest BCUT2D eigenvalue weighted by atomic mass is 10.0. The van der Waals surface area contributed by atoms with Crippen molar-refractivity contribution in [3.8, 4) is 11.6 Å². The number of amides is 1. The van der Waals surface area contributed by atoms with Crippen molar-refractivity contribution in [3.05, 3.63) is 57.3 Å². The molecule has 3 rings (SSSR count). The highest BCUT2D eigenvalue weighted by Crippen LogP contribution is 2.22. The summed E-state index contributed by atoms with van der Waals surface area (Å²) in [6, 6.07) is 8.17. The minimum Gasteiger partial charge on any atom is -0.458 e. The monoisotopic (exact) mass is 341 g/mol. The smallest absolute Gasteiger partial charge is 0.272 e. The molecule has 128 valence electrons. The summed E-state index contributed by atoms with van der Waals surface area (Å²) < 4.78 is 5.42. The molecule has 0 saturated heterocycles. The summed E-state index contributed by atoms with van der Waals surface area (Å²) in [6.45, 7) is 3.43. The number of nitro groups is 1. The van der Waals surface area contributed by atoms with E-state index in [1.54, 1.807) is 31.2 Å². The minimum atomic E-state index is -0.469. The standard InChI is InChI=1S/C16H15N5O4/c1-9-6-7-13(25-9)15-18-16(20-19-15)17-14(22)8-11-4-3-5-12(10(11)2)21(23)24/h3-7H,8H2,1-2H3,(H2,17,18,19,20,22). The lowest BCUT2D eigenvalue weighted by Gasteiger charge is -2.05. The Morgan fingerprint density at radius 1 is 1.32 bits per heavy atom. The van der Waals surface area contributed by atoms with Gasteiger partial charge in [-0.1, -0.05) is 12.1 Å². The van der Waals surface area contributed by atoms with Crippen molar-refractivity contribution in [2.24, 2.45) is 0 Å². The normalized spacial score (nSPS) is 10.6. The number of nitro benzene ring substituents is 1. The van der Waals surface area contributed by atoms with Gasteiger partial charge in [-0.05, 0) is 31.5 Å². The lowest BCUT2D eigenvalue weighted by molar-refractivity contribution is -0.385. The largest absolute Gasteiger partial charge is 0.458 e. The summed E-state index contributed by atoms with van der Waals surface area (Å²) in [5.41, 5.74) is 1.02. The van der Waals surface area contributed by atoms with Crippen molar-refractivity contribution < 1.29 is 14.1 Å². The molecular formula is C16H15N5O4. The fraction of sp³-hybridized carbons (Fsp3) is 0.188. The van der Waals surface area contributed by atoms with Crippen molar-refractivity contribution in [1.29, 1.82) is 0 Å². The second-order valence-corrected chi connectivity index (χ2v) is 5.46. The Morgan fingerprint density at radius 3 is 2.80 bits per heavy atom. The van der Waals surface area contributed by atoms with Gasteiger partial charge in [-0.2, -0.15) is 4.98 Å². The molecule has 0 spiro atoms. The first-order valence-electron chi connectivity index (χ1n) is 7.46. The number of benzene rings is 1. The number of hydrogen-bond acceptors (Lipinski definition) is 6. The van der Waals surface area contributed by atoms with Gasteiger partial charge in [-0.25, -0.2) is 0 Å². The number of rotatable bonds is 5. The highest BCUT2D eigenvalue weighted by atomic mass is 16.6. The molecule has 0 saturated carbocycles. The number of aryl methyl sites for hydroxylation is 1. The molecule has 1 aromatic carbocycles. The van der Waals surface area contributed by atoms with Crippen LogP contribution in [0.4, 0.5) is 11.6 Å². The van der Waals surface area contributed by atoms with Gasteiger partial charge < -0.3 is 4.42 Å². The Labute approximate surface area is 142 Å². The van der Waals surface area contributed by atoms with E-state index in [9.17, 15) is 14.9 Å². The zero-order chi connectivity index (χ0) is 18.0. The van der Waals surface area contributed by atoms with Crippen LogP contribution < -0.4 is 5.32 Å². The summed E-state index contributed by atoms with van der Waals surface area (Å²) in [5.74, 6) is 1.38. The van der Waals surface area contributed by atoms with Crippen molar-refractivity contribution in [2.45, 2.75) is 20.3 Å². The summed E-state index contributed by atoms with van der Waals surface area (Å²) in [5, 5.41) is 20.1. The third kappa shape index (κ3) is 3.55. The van der Waals surface area contributed by atoms with Gasteiger partial charge in [-0.15, -0.1) is 5.10 Å². The third-order valence-electron chi connectivity index (χ3n) is 3.68. The highest BCUT2D eigenvalue weighted by Gasteiger charge is 2.16. The van der Waals surface area contributed by atoms with Crippen LogP contribution in [0.15, 0.2) is 34.7 Å². The van der Waals surface area contributed by atoms with Crippen LogP contribution in [0.2, 0.25) is 0 Å². The molecule has 9 nitrogen and oxygen atoms in total. The molecule has 25 heavy (non-hydrogen) atoms. The minimum absolute atomic E-state index is 0.0151. The van der Waals surface area contributed by atoms with Gasteiger partial charge in [0, 0.05) is 11.6 Å². The number of carbonyl (C=O) groups is 1. The van der Waals surface area contributed by atoms with Gasteiger partial charge in [0.25, 0.3) is 5.69 Å². The Balaban J connectivity index is 1.70. The van der Waals surface area contributed by atoms with Gasteiger partial charge in [0.15, 0.2) is 11.6 Å². The molecule has 0 atom stereocenters. The molecule has 0 fully saturated rings. The topological polar surface area (TPSA) is 127 Å². The second-order valence-electron chi connectivity index (χ2n) is 5.46. The molecule has 0 bridgehead atoms. The van der Waals surface area contributed by atoms with Crippen LogP contribution in [0, 0.1) is 24.0 Å². The van der Waals surface area contributed by atoms with E-state index in [0.717, 1.165) is 5.76 Å². The second kappa shape index (κ2) is 6.56. The zero-order valence-electron chi connectivity index (χ0n) is 13.6. The fourth-order valence-electron chi connectivity index (χ4n) is 2.39. The summed E-state index contributed by atoms with van der Waals surface area (Å²) in [7, 11) is 0. The van der Waals surface area contributed by atoms with Gasteiger partial charge in [0.1, 0.15) is 5.76 Å². The predicted octanol–water partition coefficient (Wildman–Crippen LogP) is 2.77. The van der Waals surface area contributed by atoms with Crippen molar-refractivity contribution >= 4 is 17.5 Å². The van der Waals surface area contributed by atoms with Crippen molar-refractivity contribution in [1.82, 2.24) is 15.2 Å². The molecular weight excluding hydrogens is 326 g/mol. The Morgan fingerprint density at radius 2 is 2.12 bits per heavy atom. The van der Waals surface area contributed by atoms with E-state index in [1.807, 2.05) is 6.92 Å². The average Bonchev–Trinajstić information content (AvgIpc) is 3.18. The van der Waals surface area contributed by atoms with Crippen LogP contribution >= 0.6 is 0 Å². The zero-order valence-corrected chi connectivity index (χ0v) is 13.6. The van der Waals surface area contributed by atoms with E-state index in [4.69, 9.17) is 4.42 Å². The van der Waals surface area contributed by atoms with Crippen molar-refractivity contribution in [3.63, 3.8) is 0 Å². The molecule has 0 aliphatic rings. The molecule has 1 amide bonds. The third-order valence-corrected chi connectivity index (χ3v) is 3.68. The van der Waals surface area contributed by atoms with Crippen molar-refractivity contribution in [2.75, 3.05) is 5.32 Å². The number of hydrogen-bond donors (Lipinski definition) is 2. The van der Waals surface area contributed by atoms with E-state index in [-0.39, 0.29) is 24.0 Å². The van der Waals surface area contributed by atoms with Crippen LogP contribution in [-0.2, 0) is 11.2 Å². The maximum absolute atomic E-state index is 12.2. The van der Waals surface area contributed by atoms with E-state index < -0.39 is 4.92 Å². The van der Waals surface area contributed by atoms with Crippen LogP contribution in [0.3, 0.4) is 0 Å². The first-order valence-corrected chi connectivity index (χ1v) is 7.46. The van der Waals surface area contributed by atoms with Gasteiger partial charge in [0.2, 0.25) is 11.9 Å². The highest BCUT2D eigenvalue weighted by molar-refractivity contribution is 5.91. The molecule has 0 aliphatic heterocycles. The first kappa shape index (κ1) is 16.4. The molecule has 2 aromatic heterocycles. The average molecular weight is 341 g/mol. The number of nitrogens with zero attached hydrogens (tertiary/aromatic N) is 3. The maximum Gasteiger partial charge on any atom is 0.272 e. The summed E-state index contributed by atoms with van der Waals surface area (Å²) in [6.07, 6.45) is -0.0166. The Hall–Kier alpha value is -3.49. The molecule has 2 heterocycles. The molecule has 0 unspecified atom stereocenters. The van der Waals surface area contributed by atoms with Crippen LogP contribution in [0.1, 0.15) is 16.9 Å². The number of carbonyl (C=O) groups excluding carboxylic acids is 1. The number of aromatic nitrogens is 3. The van der Waals surface area contributed by atoms with Crippen LogP contribution in [-0.4, -0.2) is 26.0 Å². The predicted molar refractivity (Wildman–Crippen MR) is 89.0 cm³/mol. The molecule has 3 aromatic rings. The van der Waals surface area contributed by atoms with Crippen LogP contribution in [0.25, 0.3) is 11.6 Å². The molecule has 0 radical (unpaired) electrons. The lowest BCUT2D eigenvalue weighted by Crippen LogP contribution is -2.16. The maximum atomic E-state index is 12.2. The number of anilines is 1. The SMILES string of the molecule is Cc1ccc(-c2nc(NC(=O)Cc3cccc([N+](=O)[O-])c3C)n[nH]2)o1. The molecule has 2 N–H and O–H groups in total. The van der Waals surface area contributed by atoms with Crippen LogP contribution in [0.5, 0.6) is 0 Å². The molecule has 0 aliphatic carbocycles. The number of nitrogens with one attached hydrogen (secondary N) is 2. The fourth-order valence-corrected chi connectivity index (χ4v) is 2.39. The first-order chi connectivity index (χ1) is 11.9. The summed E-state index contributed by atoms with van der Waals surface area (Å²) in [4.78, 5) is 26.8. The number of furan rings is 1. The number of H-pyrrole nitrogens is 1. The van der Waals surface area contributed by atoms with Gasteiger partial charge in [-0.3, -0.25) is 25.3 Å². The van der Waals surface area contributed by atoms with Gasteiger partial charge in [0.05, 0.1) is 11.3 Å². The molecule has 9 heteroatoms. The summed E-state index contributed by atoms with van der Waals surface area (Å²) >= 11 is 0.